The minimum absolute atomic E-state index is 0.137. The lowest BCUT2D eigenvalue weighted by molar-refractivity contribution is -0.119. The maximum absolute atomic E-state index is 13.1. The molecule has 0 aromatic heterocycles. The summed E-state index contributed by atoms with van der Waals surface area (Å²) in [5.74, 6) is 0.239. The Labute approximate surface area is 148 Å². The fraction of sp³-hybridized carbons (Fsp3) is 0.278. The summed E-state index contributed by atoms with van der Waals surface area (Å²) in [4.78, 5) is 12.2. The predicted octanol–water partition coefficient (Wildman–Crippen LogP) is 2.34. The Kier molecular flexibility index (Phi) is 6.03. The maximum atomic E-state index is 13.1. The molecule has 0 radical (unpaired) electrons. The highest BCUT2D eigenvalue weighted by atomic mass is 32.2. The summed E-state index contributed by atoms with van der Waals surface area (Å²) < 4.78 is 32.3. The average Bonchev–Trinajstić information content (AvgIpc) is 2.60. The van der Waals surface area contributed by atoms with Crippen molar-refractivity contribution in [3.8, 4) is 5.75 Å². The number of likely N-dealkylation sites (N-methyl/N-ethyl adjacent to an activating group) is 1. The number of carbonyl (C=O) groups is 1. The molecular weight excluding hydrogens is 340 g/mol. The van der Waals surface area contributed by atoms with E-state index in [0.717, 1.165) is 9.87 Å². The van der Waals surface area contributed by atoms with Crippen LogP contribution in [0.5, 0.6) is 5.75 Å². The molecule has 0 saturated carbocycles. The first kappa shape index (κ1) is 18.8. The Morgan fingerprint density at radius 1 is 1.08 bits per heavy atom. The van der Waals surface area contributed by atoms with Gasteiger partial charge in [-0.05, 0) is 50.2 Å². The maximum Gasteiger partial charge on any atom is 0.264 e. The van der Waals surface area contributed by atoms with E-state index in [1.807, 2.05) is 6.92 Å². The molecule has 0 heterocycles. The quantitative estimate of drug-likeness (QED) is 0.820. The average molecular weight is 362 g/mol. The third-order valence-corrected chi connectivity index (χ3v) is 5.42. The number of ether oxygens (including phenoxy) is 1. The minimum atomic E-state index is -3.87. The standard InChI is InChI=1S/C18H22N2O4S/c1-4-19-18(21)13-20(15-7-9-16(24-3)10-8-15)25(22,23)17-11-5-14(2)6-12-17/h5-12H,4,13H2,1-3H3,(H,19,21). The number of hydrogen-bond acceptors (Lipinski definition) is 4. The van der Waals surface area contributed by atoms with E-state index in [2.05, 4.69) is 5.32 Å². The second kappa shape index (κ2) is 8.02. The van der Waals surface area contributed by atoms with Gasteiger partial charge in [0.05, 0.1) is 17.7 Å². The zero-order valence-electron chi connectivity index (χ0n) is 14.5. The molecule has 2 aromatic carbocycles. The zero-order chi connectivity index (χ0) is 18.4. The van der Waals surface area contributed by atoms with Crippen molar-refractivity contribution >= 4 is 21.6 Å². The van der Waals surface area contributed by atoms with Crippen molar-refractivity contribution in [3.63, 3.8) is 0 Å². The normalized spacial score (nSPS) is 11.0. The van der Waals surface area contributed by atoms with Gasteiger partial charge in [-0.2, -0.15) is 0 Å². The van der Waals surface area contributed by atoms with Gasteiger partial charge in [-0.25, -0.2) is 8.42 Å². The number of carbonyl (C=O) groups excluding carboxylic acids is 1. The summed E-state index contributed by atoms with van der Waals surface area (Å²) in [7, 11) is -2.34. The van der Waals surface area contributed by atoms with E-state index in [-0.39, 0.29) is 17.3 Å². The van der Waals surface area contributed by atoms with Crippen LogP contribution in [0, 0.1) is 6.92 Å². The summed E-state index contributed by atoms with van der Waals surface area (Å²) in [6.07, 6.45) is 0. The highest BCUT2D eigenvalue weighted by Crippen LogP contribution is 2.25. The van der Waals surface area contributed by atoms with Crippen LogP contribution in [0.2, 0.25) is 0 Å². The number of aryl methyl sites for hydroxylation is 1. The van der Waals surface area contributed by atoms with Gasteiger partial charge in [-0.3, -0.25) is 9.10 Å². The Bertz CT molecular complexity index is 815. The van der Waals surface area contributed by atoms with E-state index < -0.39 is 10.0 Å². The topological polar surface area (TPSA) is 75.7 Å². The van der Waals surface area contributed by atoms with Crippen molar-refractivity contribution < 1.29 is 17.9 Å². The van der Waals surface area contributed by atoms with Gasteiger partial charge in [0, 0.05) is 6.54 Å². The monoisotopic (exact) mass is 362 g/mol. The van der Waals surface area contributed by atoms with E-state index >= 15 is 0 Å². The molecule has 0 aliphatic heterocycles. The van der Waals surface area contributed by atoms with Crippen molar-refractivity contribution in [2.75, 3.05) is 24.5 Å². The fourth-order valence-corrected chi connectivity index (χ4v) is 3.71. The Morgan fingerprint density at radius 3 is 2.20 bits per heavy atom. The van der Waals surface area contributed by atoms with Gasteiger partial charge < -0.3 is 10.1 Å². The van der Waals surface area contributed by atoms with Gasteiger partial charge in [-0.15, -0.1) is 0 Å². The van der Waals surface area contributed by atoms with Crippen LogP contribution in [-0.4, -0.2) is 34.5 Å². The molecule has 134 valence electrons. The lowest BCUT2D eigenvalue weighted by atomic mass is 10.2. The Balaban J connectivity index is 2.45. The number of anilines is 1. The highest BCUT2D eigenvalue weighted by molar-refractivity contribution is 7.92. The summed E-state index contributed by atoms with van der Waals surface area (Å²) in [6.45, 7) is 3.80. The number of nitrogens with one attached hydrogen (secondary N) is 1. The van der Waals surface area contributed by atoms with E-state index in [1.54, 1.807) is 55.5 Å². The number of sulfonamides is 1. The fourth-order valence-electron chi connectivity index (χ4n) is 2.28. The number of nitrogens with zero attached hydrogens (tertiary/aromatic N) is 1. The van der Waals surface area contributed by atoms with Crippen LogP contribution >= 0.6 is 0 Å². The zero-order valence-corrected chi connectivity index (χ0v) is 15.3. The van der Waals surface area contributed by atoms with Gasteiger partial charge in [-0.1, -0.05) is 17.7 Å². The molecule has 0 aliphatic carbocycles. The predicted molar refractivity (Wildman–Crippen MR) is 97.4 cm³/mol. The minimum Gasteiger partial charge on any atom is -0.497 e. The lowest BCUT2D eigenvalue weighted by Crippen LogP contribution is -2.40. The molecule has 0 saturated heterocycles. The van der Waals surface area contributed by atoms with Crippen molar-refractivity contribution in [1.29, 1.82) is 0 Å². The molecule has 25 heavy (non-hydrogen) atoms. The second-order valence-corrected chi connectivity index (χ2v) is 7.34. The van der Waals surface area contributed by atoms with Crippen LogP contribution in [0.4, 0.5) is 5.69 Å². The van der Waals surface area contributed by atoms with Crippen LogP contribution in [0.15, 0.2) is 53.4 Å². The molecular formula is C18H22N2O4S. The van der Waals surface area contributed by atoms with E-state index in [0.29, 0.717) is 18.0 Å². The largest absolute Gasteiger partial charge is 0.497 e. The first-order valence-corrected chi connectivity index (χ1v) is 9.32. The number of benzene rings is 2. The van der Waals surface area contributed by atoms with Crippen molar-refractivity contribution in [2.24, 2.45) is 0 Å². The van der Waals surface area contributed by atoms with Crippen molar-refractivity contribution in [2.45, 2.75) is 18.7 Å². The highest BCUT2D eigenvalue weighted by Gasteiger charge is 2.27. The van der Waals surface area contributed by atoms with Crippen LogP contribution in [0.25, 0.3) is 0 Å². The number of amides is 1. The van der Waals surface area contributed by atoms with E-state index in [9.17, 15) is 13.2 Å². The first-order valence-electron chi connectivity index (χ1n) is 7.88. The van der Waals surface area contributed by atoms with Crippen LogP contribution in [0.3, 0.4) is 0 Å². The van der Waals surface area contributed by atoms with E-state index in [1.165, 1.54) is 7.11 Å². The third kappa shape index (κ3) is 4.51. The molecule has 0 spiro atoms. The summed E-state index contributed by atoms with van der Waals surface area (Å²) in [6, 6.07) is 13.1. The lowest BCUT2D eigenvalue weighted by Gasteiger charge is -2.24. The summed E-state index contributed by atoms with van der Waals surface area (Å²) in [5.41, 5.74) is 1.35. The van der Waals surface area contributed by atoms with Gasteiger partial charge in [0.1, 0.15) is 12.3 Å². The molecule has 2 aromatic rings. The summed E-state index contributed by atoms with van der Waals surface area (Å²) >= 11 is 0. The molecule has 0 unspecified atom stereocenters. The van der Waals surface area contributed by atoms with Crippen LogP contribution in [0.1, 0.15) is 12.5 Å². The molecule has 6 nitrogen and oxygen atoms in total. The molecule has 2 rings (SSSR count). The van der Waals surface area contributed by atoms with Gasteiger partial charge in [0.15, 0.2) is 0 Å². The molecule has 7 heteroatoms. The molecule has 0 fully saturated rings. The van der Waals surface area contributed by atoms with Gasteiger partial charge in [0.2, 0.25) is 5.91 Å². The number of rotatable bonds is 7. The summed E-state index contributed by atoms with van der Waals surface area (Å²) in [5, 5.41) is 2.63. The molecule has 0 aliphatic rings. The first-order chi connectivity index (χ1) is 11.9. The number of methoxy groups -OCH3 is 1. The van der Waals surface area contributed by atoms with Gasteiger partial charge >= 0.3 is 0 Å². The SMILES string of the molecule is CCNC(=O)CN(c1ccc(OC)cc1)S(=O)(=O)c1ccc(C)cc1. The number of hydrogen-bond donors (Lipinski definition) is 1. The molecule has 1 N–H and O–H groups in total. The Morgan fingerprint density at radius 2 is 1.68 bits per heavy atom. The smallest absolute Gasteiger partial charge is 0.264 e. The second-order valence-electron chi connectivity index (χ2n) is 5.48. The van der Waals surface area contributed by atoms with Crippen molar-refractivity contribution in [3.05, 3.63) is 54.1 Å². The molecule has 1 amide bonds. The Hall–Kier alpha value is -2.54. The van der Waals surface area contributed by atoms with E-state index in [4.69, 9.17) is 4.74 Å². The third-order valence-electron chi connectivity index (χ3n) is 3.63. The van der Waals surface area contributed by atoms with Gasteiger partial charge in [0.25, 0.3) is 10.0 Å². The molecule has 0 atom stereocenters. The van der Waals surface area contributed by atoms with Crippen LogP contribution < -0.4 is 14.4 Å². The van der Waals surface area contributed by atoms with Crippen molar-refractivity contribution in [1.82, 2.24) is 5.32 Å². The van der Waals surface area contributed by atoms with Crippen LogP contribution in [-0.2, 0) is 14.8 Å². The molecule has 0 bridgehead atoms.